The van der Waals surface area contributed by atoms with Gasteiger partial charge in [-0.15, -0.1) is 0 Å². The van der Waals surface area contributed by atoms with Crippen LogP contribution in [0, 0.1) is 0 Å². The molecule has 0 aromatic carbocycles. The van der Waals surface area contributed by atoms with Crippen LogP contribution >= 0.6 is 0 Å². The average Bonchev–Trinajstić information content (AvgIpc) is 1.31. The van der Waals surface area contributed by atoms with Gasteiger partial charge in [0.05, 0.1) is 0 Å². The van der Waals surface area contributed by atoms with Gasteiger partial charge >= 0.3 is 12.1 Å². The van der Waals surface area contributed by atoms with Crippen LogP contribution in [0.25, 0.3) is 0 Å². The monoisotopic (exact) mass is 307 g/mol. The summed E-state index contributed by atoms with van der Waals surface area (Å²) < 4.78 is 31.7. The molecular formula is C2HF3IrO2. The second-order valence-corrected chi connectivity index (χ2v) is 0.803. The van der Waals surface area contributed by atoms with E-state index >= 15 is 0 Å². The number of aliphatic carboxylic acids is 1. The standard InChI is InChI=1S/C2HF3O2.Ir/c3-2(4,5)1(6)7;/h(H,6,7);. The number of carboxylic acid groups (broad SMARTS) is 1. The van der Waals surface area contributed by atoms with Gasteiger partial charge in [-0.25, -0.2) is 4.79 Å². The van der Waals surface area contributed by atoms with E-state index in [1.54, 1.807) is 0 Å². The predicted molar refractivity (Wildman–Crippen MR) is 13.7 cm³/mol. The van der Waals surface area contributed by atoms with Crippen LogP contribution in [0.5, 0.6) is 0 Å². The number of halogens is 3. The summed E-state index contributed by atoms with van der Waals surface area (Å²) in [7, 11) is 0. The van der Waals surface area contributed by atoms with E-state index < -0.39 is 12.1 Å². The van der Waals surface area contributed by atoms with Crippen molar-refractivity contribution in [3.63, 3.8) is 0 Å². The van der Waals surface area contributed by atoms with Crippen molar-refractivity contribution in [3.8, 4) is 0 Å². The smallest absolute Gasteiger partial charge is 0.475 e. The van der Waals surface area contributed by atoms with E-state index in [1.807, 2.05) is 0 Å². The maximum Gasteiger partial charge on any atom is 0.490 e. The molecule has 0 saturated carbocycles. The third kappa shape index (κ3) is 4.08. The van der Waals surface area contributed by atoms with E-state index in [1.165, 1.54) is 0 Å². The maximum atomic E-state index is 10.6. The van der Waals surface area contributed by atoms with E-state index in [0.29, 0.717) is 0 Å². The maximum absolute atomic E-state index is 10.6. The fourth-order valence-electron chi connectivity index (χ4n) is 0. The molecule has 0 aliphatic rings. The van der Waals surface area contributed by atoms with Crippen molar-refractivity contribution >= 4 is 5.97 Å². The van der Waals surface area contributed by atoms with Crippen LogP contribution < -0.4 is 0 Å². The van der Waals surface area contributed by atoms with Crippen LogP contribution in [0.4, 0.5) is 13.2 Å². The molecule has 2 nitrogen and oxygen atoms in total. The van der Waals surface area contributed by atoms with Gasteiger partial charge in [-0.3, -0.25) is 0 Å². The first-order valence-electron chi connectivity index (χ1n) is 1.24. The SMILES string of the molecule is O=C(O)C(F)(F)F.[Ir]. The number of carbonyl (C=O) groups is 1. The van der Waals surface area contributed by atoms with E-state index in [-0.39, 0.29) is 20.1 Å². The van der Waals surface area contributed by atoms with Gasteiger partial charge in [-0.05, 0) is 0 Å². The minimum Gasteiger partial charge on any atom is -0.475 e. The number of alkyl halides is 3. The molecule has 0 aliphatic heterocycles. The fourth-order valence-corrected chi connectivity index (χ4v) is 0. The van der Waals surface area contributed by atoms with Gasteiger partial charge in [0.15, 0.2) is 0 Å². The normalized spacial score (nSPS) is 9.88. The largest absolute Gasteiger partial charge is 0.490 e. The number of carboxylic acids is 1. The third-order valence-electron chi connectivity index (χ3n) is 0.243. The van der Waals surface area contributed by atoms with Crippen molar-refractivity contribution in [2.75, 3.05) is 0 Å². The van der Waals surface area contributed by atoms with E-state index in [4.69, 9.17) is 9.90 Å². The van der Waals surface area contributed by atoms with Crippen molar-refractivity contribution in [1.82, 2.24) is 0 Å². The van der Waals surface area contributed by atoms with Crippen molar-refractivity contribution in [2.45, 2.75) is 6.18 Å². The molecule has 51 valence electrons. The Morgan fingerprint density at radius 2 is 1.50 bits per heavy atom. The van der Waals surface area contributed by atoms with Gasteiger partial charge in [0, 0.05) is 20.1 Å². The summed E-state index contributed by atoms with van der Waals surface area (Å²) in [4.78, 5) is 8.90. The van der Waals surface area contributed by atoms with Crippen molar-refractivity contribution in [2.24, 2.45) is 0 Å². The Hall–Kier alpha value is -0.0906. The number of rotatable bonds is 0. The van der Waals surface area contributed by atoms with E-state index in [0.717, 1.165) is 0 Å². The molecule has 0 fully saturated rings. The Labute approximate surface area is 56.0 Å². The molecule has 0 spiro atoms. The van der Waals surface area contributed by atoms with Gasteiger partial charge in [-0.2, -0.15) is 13.2 Å². The first kappa shape index (κ1) is 10.8. The van der Waals surface area contributed by atoms with Gasteiger partial charge in [0.25, 0.3) is 0 Å². The molecule has 0 aromatic heterocycles. The molecule has 8 heavy (non-hydrogen) atoms. The molecule has 1 N–H and O–H groups in total. The van der Waals surface area contributed by atoms with Gasteiger partial charge in [0.2, 0.25) is 0 Å². The predicted octanol–water partition coefficient (Wildman–Crippen LogP) is 0.631. The van der Waals surface area contributed by atoms with Gasteiger partial charge in [-0.1, -0.05) is 0 Å². The summed E-state index contributed by atoms with van der Waals surface area (Å²) in [6.07, 6.45) is -5.08. The van der Waals surface area contributed by atoms with Crippen molar-refractivity contribution in [3.05, 3.63) is 0 Å². The molecule has 0 unspecified atom stereocenters. The minimum absolute atomic E-state index is 0. The summed E-state index contributed by atoms with van der Waals surface area (Å²) in [6.45, 7) is 0. The van der Waals surface area contributed by atoms with Crippen LogP contribution in [-0.2, 0) is 24.9 Å². The number of hydrogen-bond donors (Lipinski definition) is 1. The molecule has 0 heterocycles. The second-order valence-electron chi connectivity index (χ2n) is 0.803. The number of hydrogen-bond acceptors (Lipinski definition) is 1. The van der Waals surface area contributed by atoms with Gasteiger partial charge in [0.1, 0.15) is 0 Å². The molecule has 0 aliphatic carbocycles. The zero-order valence-electron chi connectivity index (χ0n) is 3.32. The Kier molecular flexibility index (Phi) is 4.11. The molecular weight excluding hydrogens is 305 g/mol. The Balaban J connectivity index is 0. The van der Waals surface area contributed by atoms with Crippen LogP contribution in [0.3, 0.4) is 0 Å². The molecule has 1 radical (unpaired) electrons. The average molecular weight is 306 g/mol. The Bertz CT molecular complexity index is 87.8. The minimum atomic E-state index is -5.08. The van der Waals surface area contributed by atoms with E-state index in [9.17, 15) is 13.2 Å². The van der Waals surface area contributed by atoms with Crippen LogP contribution in [-0.4, -0.2) is 17.3 Å². The molecule has 6 heteroatoms. The Morgan fingerprint density at radius 3 is 1.50 bits per heavy atom. The summed E-state index contributed by atoms with van der Waals surface area (Å²) >= 11 is 0. The molecule has 0 rings (SSSR count). The first-order chi connectivity index (χ1) is 2.94. The van der Waals surface area contributed by atoms with Crippen LogP contribution in [0.2, 0.25) is 0 Å². The summed E-state index contributed by atoms with van der Waals surface area (Å²) in [5, 5.41) is 7.12. The zero-order chi connectivity index (χ0) is 6.08. The van der Waals surface area contributed by atoms with Crippen molar-refractivity contribution in [1.29, 1.82) is 0 Å². The van der Waals surface area contributed by atoms with E-state index in [2.05, 4.69) is 0 Å². The summed E-state index contributed by atoms with van der Waals surface area (Å²) in [6, 6.07) is 0. The summed E-state index contributed by atoms with van der Waals surface area (Å²) in [5.74, 6) is -2.76. The van der Waals surface area contributed by atoms with Crippen LogP contribution in [0.1, 0.15) is 0 Å². The summed E-state index contributed by atoms with van der Waals surface area (Å²) in [5.41, 5.74) is 0. The molecule has 0 amide bonds. The fraction of sp³-hybridized carbons (Fsp3) is 0.500. The Morgan fingerprint density at radius 1 is 1.38 bits per heavy atom. The first-order valence-corrected chi connectivity index (χ1v) is 1.24. The molecule has 0 bridgehead atoms. The topological polar surface area (TPSA) is 37.3 Å². The third-order valence-corrected chi connectivity index (χ3v) is 0.243. The quantitative estimate of drug-likeness (QED) is 0.713. The van der Waals surface area contributed by atoms with Crippen LogP contribution in [0.15, 0.2) is 0 Å². The van der Waals surface area contributed by atoms with Crippen molar-refractivity contribution < 1.29 is 43.2 Å². The molecule has 0 atom stereocenters. The second kappa shape index (κ2) is 3.04. The van der Waals surface area contributed by atoms with Gasteiger partial charge < -0.3 is 5.11 Å². The zero-order valence-corrected chi connectivity index (χ0v) is 5.72. The molecule has 0 saturated heterocycles. The molecule has 0 aromatic rings.